The molecule has 0 radical (unpaired) electrons. The molecule has 0 bridgehead atoms. The molecule has 1 atom stereocenters. The van der Waals surface area contributed by atoms with Crippen molar-refractivity contribution < 1.29 is 23.1 Å². The minimum atomic E-state index is -3.03. The molecule has 98 valence electrons. The lowest BCUT2D eigenvalue weighted by molar-refractivity contribution is -0.123. The molecule has 0 aromatic heterocycles. The maximum Gasteiger partial charge on any atom is 0.410 e. The fraction of sp³-hybridized carbons (Fsp3) is 0.818. The fourth-order valence-corrected chi connectivity index (χ4v) is 1.70. The number of rotatable bonds is 1. The molecule has 1 fully saturated rings. The van der Waals surface area contributed by atoms with Crippen LogP contribution in [-0.2, 0) is 9.53 Å². The van der Waals surface area contributed by atoms with Crippen LogP contribution in [0, 0.1) is 5.92 Å². The van der Waals surface area contributed by atoms with E-state index in [0.717, 1.165) is 4.90 Å². The van der Waals surface area contributed by atoms with Gasteiger partial charge in [-0.05, 0) is 20.8 Å². The monoisotopic (exact) mass is 249 g/mol. The highest BCUT2D eigenvalue weighted by molar-refractivity contribution is 5.69. The van der Waals surface area contributed by atoms with Gasteiger partial charge in [-0.25, -0.2) is 13.6 Å². The molecule has 0 aromatic rings. The number of likely N-dealkylation sites (tertiary alicyclic amines) is 1. The van der Waals surface area contributed by atoms with Crippen LogP contribution in [0.2, 0.25) is 0 Å². The van der Waals surface area contributed by atoms with E-state index in [1.807, 2.05) is 0 Å². The van der Waals surface area contributed by atoms with Gasteiger partial charge in [-0.1, -0.05) is 0 Å². The number of alkyl halides is 2. The Morgan fingerprint density at radius 2 is 2.06 bits per heavy atom. The van der Waals surface area contributed by atoms with Crippen molar-refractivity contribution in [2.45, 2.75) is 38.7 Å². The van der Waals surface area contributed by atoms with Crippen LogP contribution in [0.25, 0.3) is 0 Å². The lowest BCUT2D eigenvalue weighted by Crippen LogP contribution is -2.51. The van der Waals surface area contributed by atoms with E-state index >= 15 is 0 Å². The molecule has 1 heterocycles. The maximum atomic E-state index is 13.3. The lowest BCUT2D eigenvalue weighted by Gasteiger charge is -2.36. The first-order valence-electron chi connectivity index (χ1n) is 5.44. The SMILES string of the molecule is CC(C)(C)OC(=O)N1C[C@H](C=O)CC(F)(F)C1. The van der Waals surface area contributed by atoms with Crippen molar-refractivity contribution in [1.29, 1.82) is 0 Å². The van der Waals surface area contributed by atoms with E-state index in [4.69, 9.17) is 4.74 Å². The van der Waals surface area contributed by atoms with Gasteiger partial charge in [0.15, 0.2) is 0 Å². The molecular formula is C11H17F2NO3. The van der Waals surface area contributed by atoms with Crippen molar-refractivity contribution in [3.8, 4) is 0 Å². The van der Waals surface area contributed by atoms with Gasteiger partial charge in [0.05, 0.1) is 6.54 Å². The molecule has 1 rings (SSSR count). The third-order valence-corrected chi connectivity index (χ3v) is 2.28. The van der Waals surface area contributed by atoms with Crippen molar-refractivity contribution in [3.05, 3.63) is 0 Å². The highest BCUT2D eigenvalue weighted by Gasteiger charge is 2.43. The van der Waals surface area contributed by atoms with Crippen LogP contribution in [0.4, 0.5) is 13.6 Å². The topological polar surface area (TPSA) is 46.6 Å². The number of carbonyl (C=O) groups excluding carboxylic acids is 2. The molecule has 0 aliphatic carbocycles. The molecule has 1 aliphatic rings. The van der Waals surface area contributed by atoms with E-state index < -0.39 is 36.5 Å². The zero-order valence-corrected chi connectivity index (χ0v) is 10.2. The summed E-state index contributed by atoms with van der Waals surface area (Å²) in [6, 6.07) is 0. The summed E-state index contributed by atoms with van der Waals surface area (Å²) >= 11 is 0. The number of nitrogens with zero attached hydrogens (tertiary/aromatic N) is 1. The molecule has 0 spiro atoms. The predicted molar refractivity (Wildman–Crippen MR) is 56.9 cm³/mol. The quantitative estimate of drug-likeness (QED) is 0.668. The Balaban J connectivity index is 2.70. The standard InChI is InChI=1S/C11H17F2NO3/c1-10(2,3)17-9(16)14-5-8(6-15)4-11(12,13)7-14/h6,8H,4-5,7H2,1-3H3/t8-/m1/s1. The van der Waals surface area contributed by atoms with Crippen molar-refractivity contribution in [2.24, 2.45) is 5.92 Å². The van der Waals surface area contributed by atoms with E-state index in [1.165, 1.54) is 0 Å². The molecular weight excluding hydrogens is 232 g/mol. The molecule has 0 unspecified atom stereocenters. The van der Waals surface area contributed by atoms with Gasteiger partial charge in [0, 0.05) is 18.9 Å². The molecule has 0 aromatic carbocycles. The first kappa shape index (κ1) is 13.9. The van der Waals surface area contributed by atoms with Crippen molar-refractivity contribution in [1.82, 2.24) is 4.90 Å². The smallest absolute Gasteiger partial charge is 0.410 e. The third kappa shape index (κ3) is 4.28. The number of ether oxygens (including phenoxy) is 1. The summed E-state index contributed by atoms with van der Waals surface area (Å²) in [6.07, 6.45) is -0.844. The summed E-state index contributed by atoms with van der Waals surface area (Å²) in [6.45, 7) is 4.28. The number of halogens is 2. The largest absolute Gasteiger partial charge is 0.444 e. The molecule has 1 saturated heterocycles. The zero-order chi connectivity index (χ0) is 13.3. The number of hydrogen-bond donors (Lipinski definition) is 0. The number of aldehydes is 1. The molecule has 6 heteroatoms. The van der Waals surface area contributed by atoms with E-state index in [-0.39, 0.29) is 6.54 Å². The van der Waals surface area contributed by atoms with Gasteiger partial charge < -0.3 is 14.4 Å². The predicted octanol–water partition coefficient (Wildman–Crippen LogP) is 2.08. The Morgan fingerprint density at radius 3 is 2.53 bits per heavy atom. The Hall–Kier alpha value is -1.20. The average molecular weight is 249 g/mol. The summed E-state index contributed by atoms with van der Waals surface area (Å²) in [7, 11) is 0. The van der Waals surface area contributed by atoms with Crippen molar-refractivity contribution in [3.63, 3.8) is 0 Å². The highest BCUT2D eigenvalue weighted by atomic mass is 19.3. The Bertz CT molecular complexity index is 312. The van der Waals surface area contributed by atoms with Crippen LogP contribution < -0.4 is 0 Å². The normalized spacial score (nSPS) is 24.3. The summed E-state index contributed by atoms with van der Waals surface area (Å²) < 4.78 is 31.6. The molecule has 17 heavy (non-hydrogen) atoms. The van der Waals surface area contributed by atoms with Crippen LogP contribution in [0.5, 0.6) is 0 Å². The Kier molecular flexibility index (Phi) is 3.74. The van der Waals surface area contributed by atoms with Gasteiger partial charge in [0.1, 0.15) is 11.9 Å². The Labute approximate surface area is 98.9 Å². The van der Waals surface area contributed by atoms with Crippen LogP contribution in [0.3, 0.4) is 0 Å². The maximum absolute atomic E-state index is 13.3. The van der Waals surface area contributed by atoms with Gasteiger partial charge in [0.2, 0.25) is 0 Å². The molecule has 4 nitrogen and oxygen atoms in total. The van der Waals surface area contributed by atoms with E-state index in [2.05, 4.69) is 0 Å². The zero-order valence-electron chi connectivity index (χ0n) is 10.2. The summed E-state index contributed by atoms with van der Waals surface area (Å²) in [5.41, 5.74) is -0.736. The fourth-order valence-electron chi connectivity index (χ4n) is 1.70. The second-order valence-electron chi connectivity index (χ2n) is 5.32. The van der Waals surface area contributed by atoms with Crippen LogP contribution in [0.15, 0.2) is 0 Å². The molecule has 1 amide bonds. The molecule has 1 aliphatic heterocycles. The van der Waals surface area contributed by atoms with Crippen molar-refractivity contribution >= 4 is 12.4 Å². The Morgan fingerprint density at radius 1 is 1.47 bits per heavy atom. The first-order valence-corrected chi connectivity index (χ1v) is 5.44. The van der Waals surface area contributed by atoms with Gasteiger partial charge in [-0.2, -0.15) is 0 Å². The second kappa shape index (κ2) is 4.58. The lowest BCUT2D eigenvalue weighted by atomic mass is 9.97. The third-order valence-electron chi connectivity index (χ3n) is 2.28. The molecule has 0 N–H and O–H groups in total. The summed E-state index contributed by atoms with van der Waals surface area (Å²) in [5.74, 6) is -3.85. The minimum Gasteiger partial charge on any atom is -0.444 e. The van der Waals surface area contributed by atoms with E-state index in [9.17, 15) is 18.4 Å². The van der Waals surface area contributed by atoms with Crippen LogP contribution >= 0.6 is 0 Å². The average Bonchev–Trinajstić information content (AvgIpc) is 2.12. The van der Waals surface area contributed by atoms with Crippen LogP contribution in [0.1, 0.15) is 27.2 Å². The summed E-state index contributed by atoms with van der Waals surface area (Å²) in [4.78, 5) is 23.1. The first-order chi connectivity index (χ1) is 7.63. The number of carbonyl (C=O) groups is 2. The van der Waals surface area contributed by atoms with Gasteiger partial charge in [-0.15, -0.1) is 0 Å². The number of piperidine rings is 1. The number of amides is 1. The van der Waals surface area contributed by atoms with E-state index in [1.54, 1.807) is 20.8 Å². The summed E-state index contributed by atoms with van der Waals surface area (Å²) in [5, 5.41) is 0. The highest BCUT2D eigenvalue weighted by Crippen LogP contribution is 2.30. The molecule has 0 saturated carbocycles. The van der Waals surface area contributed by atoms with Crippen LogP contribution in [-0.4, -0.2) is 41.9 Å². The van der Waals surface area contributed by atoms with Crippen molar-refractivity contribution in [2.75, 3.05) is 13.1 Å². The van der Waals surface area contributed by atoms with Gasteiger partial charge in [0.25, 0.3) is 5.92 Å². The second-order valence-corrected chi connectivity index (χ2v) is 5.32. The minimum absolute atomic E-state index is 0.00595. The van der Waals surface area contributed by atoms with Gasteiger partial charge in [-0.3, -0.25) is 0 Å². The van der Waals surface area contributed by atoms with Gasteiger partial charge >= 0.3 is 6.09 Å². The van der Waals surface area contributed by atoms with E-state index in [0.29, 0.717) is 6.29 Å². The number of hydrogen-bond acceptors (Lipinski definition) is 3.